The average molecular weight is 419 g/mol. The maximum atomic E-state index is 13.3. The molecule has 31 heavy (non-hydrogen) atoms. The van der Waals surface area contributed by atoms with E-state index in [1.807, 2.05) is 75.1 Å². The topological polar surface area (TPSA) is 86.9 Å². The van der Waals surface area contributed by atoms with E-state index >= 15 is 0 Å². The second kappa shape index (κ2) is 8.22. The SMILES string of the molecule is COc1cccc(-c2cc(C(=O)N[C@H](C)Cn3ccc(C)n3)c3c(C)nn(C)c3n2)c1. The number of methoxy groups -OCH3 is 1. The first-order valence-electron chi connectivity index (χ1n) is 10.2. The molecule has 0 fully saturated rings. The molecule has 0 aliphatic heterocycles. The van der Waals surface area contributed by atoms with Crippen molar-refractivity contribution in [1.82, 2.24) is 29.9 Å². The van der Waals surface area contributed by atoms with Gasteiger partial charge in [0.05, 0.1) is 41.7 Å². The van der Waals surface area contributed by atoms with Crippen LogP contribution in [0.4, 0.5) is 0 Å². The van der Waals surface area contributed by atoms with Crippen molar-refractivity contribution in [3.63, 3.8) is 0 Å². The monoisotopic (exact) mass is 418 g/mol. The number of fused-ring (bicyclic) bond motifs is 1. The van der Waals surface area contributed by atoms with Gasteiger partial charge in [-0.3, -0.25) is 14.2 Å². The zero-order chi connectivity index (χ0) is 22.1. The van der Waals surface area contributed by atoms with Crippen LogP contribution in [0, 0.1) is 13.8 Å². The van der Waals surface area contributed by atoms with Gasteiger partial charge < -0.3 is 10.1 Å². The smallest absolute Gasteiger partial charge is 0.252 e. The predicted octanol–water partition coefficient (Wildman–Crippen LogP) is 3.28. The van der Waals surface area contributed by atoms with E-state index in [-0.39, 0.29) is 11.9 Å². The van der Waals surface area contributed by atoms with Gasteiger partial charge in [-0.25, -0.2) is 4.98 Å². The molecule has 3 aromatic heterocycles. The van der Waals surface area contributed by atoms with Crippen molar-refractivity contribution >= 4 is 16.9 Å². The highest BCUT2D eigenvalue weighted by Crippen LogP contribution is 2.28. The quantitative estimate of drug-likeness (QED) is 0.519. The Morgan fingerprint density at radius 1 is 1.19 bits per heavy atom. The van der Waals surface area contributed by atoms with Crippen LogP contribution in [0.25, 0.3) is 22.3 Å². The van der Waals surface area contributed by atoms with Gasteiger partial charge in [0.15, 0.2) is 5.65 Å². The van der Waals surface area contributed by atoms with Gasteiger partial charge >= 0.3 is 0 Å². The van der Waals surface area contributed by atoms with Gasteiger partial charge in [0.1, 0.15) is 5.75 Å². The number of carbonyl (C=O) groups excluding carboxylic acids is 1. The van der Waals surface area contributed by atoms with E-state index in [2.05, 4.69) is 15.5 Å². The number of pyridine rings is 1. The highest BCUT2D eigenvalue weighted by molar-refractivity contribution is 6.07. The summed E-state index contributed by atoms with van der Waals surface area (Å²) >= 11 is 0. The van der Waals surface area contributed by atoms with Crippen molar-refractivity contribution in [3.05, 3.63) is 59.5 Å². The minimum atomic E-state index is -0.163. The molecular weight excluding hydrogens is 392 g/mol. The fourth-order valence-corrected chi connectivity index (χ4v) is 3.75. The molecule has 0 saturated carbocycles. The highest BCUT2D eigenvalue weighted by Gasteiger charge is 2.20. The number of amides is 1. The number of benzene rings is 1. The van der Waals surface area contributed by atoms with Crippen LogP contribution in [0.1, 0.15) is 28.7 Å². The first-order valence-corrected chi connectivity index (χ1v) is 10.2. The Morgan fingerprint density at radius 2 is 2.00 bits per heavy atom. The third kappa shape index (κ3) is 4.14. The van der Waals surface area contributed by atoms with Crippen molar-refractivity contribution in [2.75, 3.05) is 7.11 Å². The standard InChI is InChI=1S/C23H26N6O2/c1-14-9-10-29(26-14)13-15(2)24-23(30)19-12-20(17-7-6-8-18(11-17)31-5)25-22-21(19)16(3)27-28(22)4/h6-12,15H,13H2,1-5H3,(H,24,30)/t15-/m1/s1. The van der Waals surface area contributed by atoms with Gasteiger partial charge in [-0.05, 0) is 45.0 Å². The lowest BCUT2D eigenvalue weighted by Crippen LogP contribution is -2.36. The summed E-state index contributed by atoms with van der Waals surface area (Å²) in [6, 6.07) is 11.3. The summed E-state index contributed by atoms with van der Waals surface area (Å²) < 4.78 is 8.89. The largest absolute Gasteiger partial charge is 0.497 e. The number of aryl methyl sites for hydroxylation is 3. The minimum Gasteiger partial charge on any atom is -0.497 e. The van der Waals surface area contributed by atoms with E-state index < -0.39 is 0 Å². The molecule has 0 aliphatic carbocycles. The summed E-state index contributed by atoms with van der Waals surface area (Å²) in [5, 5.41) is 12.7. The number of rotatable bonds is 6. The van der Waals surface area contributed by atoms with Crippen LogP contribution in [-0.2, 0) is 13.6 Å². The number of nitrogens with zero attached hydrogens (tertiary/aromatic N) is 5. The lowest BCUT2D eigenvalue weighted by Gasteiger charge is -2.15. The molecule has 0 saturated heterocycles. The van der Waals surface area contributed by atoms with Gasteiger partial charge in [0.2, 0.25) is 0 Å². The molecule has 1 N–H and O–H groups in total. The van der Waals surface area contributed by atoms with Crippen molar-refractivity contribution in [1.29, 1.82) is 0 Å². The van der Waals surface area contributed by atoms with E-state index in [9.17, 15) is 4.79 Å². The number of ether oxygens (including phenoxy) is 1. The third-order valence-electron chi connectivity index (χ3n) is 5.19. The molecule has 0 bridgehead atoms. The summed E-state index contributed by atoms with van der Waals surface area (Å²) in [5.74, 6) is 0.568. The average Bonchev–Trinajstić information content (AvgIpc) is 3.29. The zero-order valence-corrected chi connectivity index (χ0v) is 18.4. The second-order valence-electron chi connectivity index (χ2n) is 7.75. The molecular formula is C23H26N6O2. The fraction of sp³-hybridized carbons (Fsp3) is 0.304. The highest BCUT2D eigenvalue weighted by atomic mass is 16.5. The molecule has 1 amide bonds. The molecule has 1 atom stereocenters. The minimum absolute atomic E-state index is 0.104. The fourth-order valence-electron chi connectivity index (χ4n) is 3.75. The molecule has 3 heterocycles. The van der Waals surface area contributed by atoms with E-state index in [1.165, 1.54) is 0 Å². The second-order valence-corrected chi connectivity index (χ2v) is 7.75. The molecule has 0 unspecified atom stereocenters. The van der Waals surface area contributed by atoms with Crippen LogP contribution in [0.3, 0.4) is 0 Å². The Labute approximate surface area is 180 Å². The number of hydrogen-bond donors (Lipinski definition) is 1. The summed E-state index contributed by atoms with van der Waals surface area (Å²) in [7, 11) is 3.46. The zero-order valence-electron chi connectivity index (χ0n) is 18.4. The number of hydrogen-bond acceptors (Lipinski definition) is 5. The van der Waals surface area contributed by atoms with Gasteiger partial charge in [-0.2, -0.15) is 10.2 Å². The molecule has 8 nitrogen and oxygen atoms in total. The van der Waals surface area contributed by atoms with Crippen LogP contribution >= 0.6 is 0 Å². The van der Waals surface area contributed by atoms with Crippen molar-refractivity contribution in [2.45, 2.75) is 33.4 Å². The van der Waals surface area contributed by atoms with Gasteiger partial charge in [0.25, 0.3) is 5.91 Å². The maximum absolute atomic E-state index is 13.3. The molecule has 8 heteroatoms. The molecule has 0 radical (unpaired) electrons. The van der Waals surface area contributed by atoms with E-state index in [4.69, 9.17) is 9.72 Å². The number of aromatic nitrogens is 5. The summed E-state index contributed by atoms with van der Waals surface area (Å²) in [5.41, 5.74) is 4.49. The molecule has 4 rings (SSSR count). The van der Waals surface area contributed by atoms with E-state index in [0.29, 0.717) is 23.4 Å². The van der Waals surface area contributed by atoms with Crippen molar-refractivity contribution in [3.8, 4) is 17.0 Å². The Balaban J connectivity index is 1.72. The summed E-state index contributed by atoms with van der Waals surface area (Å²) in [4.78, 5) is 18.1. The first kappa shape index (κ1) is 20.6. The molecule has 0 spiro atoms. The Morgan fingerprint density at radius 3 is 2.71 bits per heavy atom. The van der Waals surface area contributed by atoms with Crippen LogP contribution in [0.15, 0.2) is 42.6 Å². The van der Waals surface area contributed by atoms with Crippen molar-refractivity contribution < 1.29 is 9.53 Å². The third-order valence-corrected chi connectivity index (χ3v) is 5.19. The lowest BCUT2D eigenvalue weighted by molar-refractivity contribution is 0.0937. The molecule has 0 aliphatic rings. The molecule has 1 aromatic carbocycles. The van der Waals surface area contributed by atoms with Gasteiger partial charge in [-0.15, -0.1) is 0 Å². The van der Waals surface area contributed by atoms with Crippen LogP contribution < -0.4 is 10.1 Å². The maximum Gasteiger partial charge on any atom is 0.252 e. The lowest BCUT2D eigenvalue weighted by atomic mass is 10.0. The normalized spacial score (nSPS) is 12.2. The number of carbonyl (C=O) groups is 1. The summed E-state index contributed by atoms with van der Waals surface area (Å²) in [6.07, 6.45) is 1.91. The molecule has 160 valence electrons. The Hall–Kier alpha value is -3.68. The van der Waals surface area contributed by atoms with Gasteiger partial charge in [0, 0.05) is 24.8 Å². The van der Waals surface area contributed by atoms with Crippen LogP contribution in [0.5, 0.6) is 5.75 Å². The Bertz CT molecular complexity index is 1260. The Kier molecular flexibility index (Phi) is 5.46. The van der Waals surface area contributed by atoms with Crippen molar-refractivity contribution in [2.24, 2.45) is 7.05 Å². The van der Waals surface area contributed by atoms with E-state index in [0.717, 1.165) is 28.1 Å². The number of nitrogens with one attached hydrogen (secondary N) is 1. The molecule has 4 aromatic rings. The summed E-state index contributed by atoms with van der Waals surface area (Å²) in [6.45, 7) is 6.38. The van der Waals surface area contributed by atoms with Crippen LogP contribution in [-0.4, -0.2) is 43.6 Å². The van der Waals surface area contributed by atoms with Gasteiger partial charge in [-0.1, -0.05) is 12.1 Å². The first-order chi connectivity index (χ1) is 14.9. The van der Waals surface area contributed by atoms with Crippen LogP contribution in [0.2, 0.25) is 0 Å². The predicted molar refractivity (Wildman–Crippen MR) is 119 cm³/mol. The van der Waals surface area contributed by atoms with E-state index in [1.54, 1.807) is 11.8 Å².